The van der Waals surface area contributed by atoms with E-state index in [2.05, 4.69) is 4.90 Å². The van der Waals surface area contributed by atoms with Crippen LogP contribution in [0.2, 0.25) is 5.02 Å². The summed E-state index contributed by atoms with van der Waals surface area (Å²) < 4.78 is 28.2. The van der Waals surface area contributed by atoms with E-state index in [1.165, 1.54) is 0 Å². The van der Waals surface area contributed by atoms with Gasteiger partial charge in [-0.3, -0.25) is 4.90 Å². The Labute approximate surface area is 147 Å². The van der Waals surface area contributed by atoms with Gasteiger partial charge in [-0.05, 0) is 30.5 Å². The third-order valence-electron chi connectivity index (χ3n) is 4.92. The van der Waals surface area contributed by atoms with Crippen LogP contribution in [0.4, 0.5) is 0 Å². The molecular weight excluding hydrogens is 344 g/mol. The molecule has 2 atom stereocenters. The monoisotopic (exact) mass is 362 g/mol. The number of nitrogens with zero attached hydrogens (tertiary/aromatic N) is 2. The van der Waals surface area contributed by atoms with Gasteiger partial charge in [-0.1, -0.05) is 54.1 Å². The molecule has 2 aromatic carbocycles. The number of hydrogen-bond donors (Lipinski definition) is 0. The number of sulfonamides is 1. The van der Waals surface area contributed by atoms with Crippen LogP contribution in [0.25, 0.3) is 0 Å². The van der Waals surface area contributed by atoms with Gasteiger partial charge in [0.05, 0.1) is 5.02 Å². The summed E-state index contributed by atoms with van der Waals surface area (Å²) >= 11 is 6.18. The van der Waals surface area contributed by atoms with Crippen LogP contribution >= 0.6 is 11.6 Å². The first kappa shape index (κ1) is 16.1. The zero-order valence-electron chi connectivity index (χ0n) is 13.2. The van der Waals surface area contributed by atoms with E-state index < -0.39 is 10.0 Å². The molecule has 24 heavy (non-hydrogen) atoms. The minimum absolute atomic E-state index is 0.189. The Kier molecular flexibility index (Phi) is 4.12. The van der Waals surface area contributed by atoms with Gasteiger partial charge >= 0.3 is 0 Å². The largest absolute Gasteiger partial charge is 0.279 e. The first-order valence-corrected chi connectivity index (χ1v) is 9.98. The van der Waals surface area contributed by atoms with Crippen LogP contribution in [-0.4, -0.2) is 36.8 Å². The predicted octanol–water partition coefficient (Wildman–Crippen LogP) is 3.51. The standard InChI is InChI=1S/C18H19ClN2O2S/c19-16-10-4-5-11-17(16)24(22,23)21-13-15-9-6-12-20(15)18(21)14-7-2-1-3-8-14/h1-5,7-8,10-11,15,18H,6,9,12-13H2. The van der Waals surface area contributed by atoms with E-state index in [4.69, 9.17) is 11.6 Å². The van der Waals surface area contributed by atoms with E-state index in [0.29, 0.717) is 6.54 Å². The molecule has 4 nitrogen and oxygen atoms in total. The summed E-state index contributed by atoms with van der Waals surface area (Å²) in [5.41, 5.74) is 1.01. The van der Waals surface area contributed by atoms with Crippen LogP contribution in [-0.2, 0) is 10.0 Å². The smallest absolute Gasteiger partial charge is 0.246 e. The summed E-state index contributed by atoms with van der Waals surface area (Å²) in [5.74, 6) is 0. The van der Waals surface area contributed by atoms with Gasteiger partial charge in [-0.25, -0.2) is 8.42 Å². The molecule has 4 rings (SSSR count). The van der Waals surface area contributed by atoms with Crippen LogP contribution < -0.4 is 0 Å². The second kappa shape index (κ2) is 6.15. The molecule has 0 saturated carbocycles. The summed E-state index contributed by atoms with van der Waals surface area (Å²) in [6, 6.07) is 16.8. The summed E-state index contributed by atoms with van der Waals surface area (Å²) in [7, 11) is -3.65. The first-order chi connectivity index (χ1) is 11.6. The lowest BCUT2D eigenvalue weighted by Gasteiger charge is -2.29. The van der Waals surface area contributed by atoms with Gasteiger partial charge < -0.3 is 0 Å². The van der Waals surface area contributed by atoms with Crippen molar-refractivity contribution in [1.29, 1.82) is 0 Å². The molecule has 0 radical (unpaired) electrons. The van der Waals surface area contributed by atoms with Crippen molar-refractivity contribution < 1.29 is 8.42 Å². The summed E-state index contributed by atoms with van der Waals surface area (Å²) in [6.45, 7) is 1.45. The predicted molar refractivity (Wildman–Crippen MR) is 94.3 cm³/mol. The lowest BCUT2D eigenvalue weighted by Crippen LogP contribution is -2.35. The highest BCUT2D eigenvalue weighted by atomic mass is 35.5. The summed E-state index contributed by atoms with van der Waals surface area (Å²) in [6.07, 6.45) is 1.91. The Bertz CT molecular complexity index is 841. The minimum Gasteiger partial charge on any atom is -0.279 e. The van der Waals surface area contributed by atoms with Crippen molar-refractivity contribution in [2.45, 2.75) is 29.9 Å². The Balaban J connectivity index is 1.80. The van der Waals surface area contributed by atoms with Crippen molar-refractivity contribution >= 4 is 21.6 Å². The lowest BCUT2D eigenvalue weighted by molar-refractivity contribution is 0.198. The summed E-state index contributed by atoms with van der Waals surface area (Å²) in [4.78, 5) is 2.50. The van der Waals surface area contributed by atoms with Crippen LogP contribution in [0.3, 0.4) is 0 Å². The van der Waals surface area contributed by atoms with Crippen LogP contribution in [0, 0.1) is 0 Å². The number of rotatable bonds is 3. The third-order valence-corrected chi connectivity index (χ3v) is 7.24. The zero-order chi connectivity index (χ0) is 16.7. The van der Waals surface area contributed by atoms with Crippen molar-refractivity contribution in [3.8, 4) is 0 Å². The number of fused-ring (bicyclic) bond motifs is 1. The minimum atomic E-state index is -3.65. The van der Waals surface area contributed by atoms with Crippen molar-refractivity contribution in [1.82, 2.24) is 9.21 Å². The maximum absolute atomic E-state index is 13.3. The van der Waals surface area contributed by atoms with Gasteiger partial charge in [0.2, 0.25) is 10.0 Å². The molecule has 2 aliphatic heterocycles. The second-order valence-corrected chi connectivity index (χ2v) is 8.59. The Morgan fingerprint density at radius 2 is 1.71 bits per heavy atom. The lowest BCUT2D eigenvalue weighted by atomic mass is 10.1. The molecule has 6 heteroatoms. The maximum Gasteiger partial charge on any atom is 0.246 e. The van der Waals surface area contributed by atoms with Gasteiger partial charge in [0.15, 0.2) is 0 Å². The molecule has 0 amide bonds. The number of benzene rings is 2. The van der Waals surface area contributed by atoms with Crippen molar-refractivity contribution in [2.75, 3.05) is 13.1 Å². The molecule has 126 valence electrons. The van der Waals surface area contributed by atoms with Gasteiger partial charge in [0.25, 0.3) is 0 Å². The Hall–Kier alpha value is -1.40. The average molecular weight is 363 g/mol. The van der Waals surface area contributed by atoms with Gasteiger partial charge in [-0.2, -0.15) is 4.31 Å². The highest BCUT2D eigenvalue weighted by Gasteiger charge is 2.48. The zero-order valence-corrected chi connectivity index (χ0v) is 14.7. The molecule has 2 heterocycles. The molecule has 0 aliphatic carbocycles. The van der Waals surface area contributed by atoms with E-state index in [1.807, 2.05) is 30.3 Å². The molecule has 0 aromatic heterocycles. The SMILES string of the molecule is O=S(=O)(c1ccccc1Cl)N1CC2CCCN2C1c1ccccc1. The molecule has 0 spiro atoms. The molecule has 2 saturated heterocycles. The fourth-order valence-corrected chi connectivity index (χ4v) is 5.96. The quantitative estimate of drug-likeness (QED) is 0.839. The second-order valence-electron chi connectivity index (χ2n) is 6.32. The van der Waals surface area contributed by atoms with Crippen molar-refractivity contribution in [2.24, 2.45) is 0 Å². The van der Waals surface area contributed by atoms with Gasteiger partial charge in [0.1, 0.15) is 11.1 Å². The average Bonchev–Trinajstić information content (AvgIpc) is 3.17. The highest BCUT2D eigenvalue weighted by Crippen LogP contribution is 2.42. The Morgan fingerprint density at radius 1 is 1.00 bits per heavy atom. The summed E-state index contributed by atoms with van der Waals surface area (Å²) in [5, 5.41) is 0.274. The van der Waals surface area contributed by atoms with Gasteiger partial charge in [0, 0.05) is 19.1 Å². The fraction of sp³-hybridized carbons (Fsp3) is 0.333. The molecular formula is C18H19ClN2O2S. The van der Waals surface area contributed by atoms with Crippen molar-refractivity contribution in [3.63, 3.8) is 0 Å². The normalized spacial score (nSPS) is 25.0. The van der Waals surface area contributed by atoms with E-state index >= 15 is 0 Å². The van der Waals surface area contributed by atoms with Crippen molar-refractivity contribution in [3.05, 3.63) is 65.2 Å². The topological polar surface area (TPSA) is 40.6 Å². The highest BCUT2D eigenvalue weighted by molar-refractivity contribution is 7.89. The number of hydrogen-bond acceptors (Lipinski definition) is 3. The molecule has 2 fully saturated rings. The molecule has 2 unspecified atom stereocenters. The van der Waals surface area contributed by atoms with E-state index in [-0.39, 0.29) is 22.1 Å². The van der Waals surface area contributed by atoms with E-state index in [9.17, 15) is 8.42 Å². The van der Waals surface area contributed by atoms with Crippen LogP contribution in [0.15, 0.2) is 59.5 Å². The molecule has 0 N–H and O–H groups in total. The molecule has 2 aliphatic rings. The number of halogens is 1. The van der Waals surface area contributed by atoms with Gasteiger partial charge in [-0.15, -0.1) is 0 Å². The van der Waals surface area contributed by atoms with Crippen LogP contribution in [0.1, 0.15) is 24.6 Å². The first-order valence-electron chi connectivity index (χ1n) is 8.16. The maximum atomic E-state index is 13.3. The Morgan fingerprint density at radius 3 is 2.46 bits per heavy atom. The van der Waals surface area contributed by atoms with E-state index in [0.717, 1.165) is 24.9 Å². The fourth-order valence-electron chi connectivity index (χ4n) is 3.84. The van der Waals surface area contributed by atoms with Crippen LogP contribution in [0.5, 0.6) is 0 Å². The third kappa shape index (κ3) is 2.56. The molecule has 2 aromatic rings. The molecule has 0 bridgehead atoms. The van der Waals surface area contributed by atoms with E-state index in [1.54, 1.807) is 28.6 Å².